The summed E-state index contributed by atoms with van der Waals surface area (Å²) in [6.07, 6.45) is 0.754. The predicted molar refractivity (Wildman–Crippen MR) is 106 cm³/mol. The number of aromatic amines is 1. The molecule has 2 N–H and O–H groups in total. The van der Waals surface area contributed by atoms with Crippen molar-refractivity contribution in [2.45, 2.75) is 13.0 Å². The van der Waals surface area contributed by atoms with Gasteiger partial charge in [0.25, 0.3) is 0 Å². The molecule has 136 valence electrons. The zero-order valence-electron chi connectivity index (χ0n) is 15.5. The molecule has 3 rings (SSSR count). The minimum atomic E-state index is -0.324. The quantitative estimate of drug-likeness (QED) is 0.506. The van der Waals surface area contributed by atoms with Crippen molar-refractivity contribution < 1.29 is 9.53 Å². The molecular formula is C21H25N3O2. The highest BCUT2D eigenvalue weighted by Gasteiger charge is 2.17. The fourth-order valence-corrected chi connectivity index (χ4v) is 3.09. The molecule has 2 aromatic carbocycles. The largest absolute Gasteiger partial charge is 0.464 e. The lowest BCUT2D eigenvalue weighted by Gasteiger charge is -2.13. The van der Waals surface area contributed by atoms with Crippen LogP contribution in [0.25, 0.3) is 10.9 Å². The number of para-hydroxylation sites is 1. The number of benzene rings is 2. The highest BCUT2D eigenvalue weighted by molar-refractivity contribution is 5.98. The maximum atomic E-state index is 12.1. The minimum Gasteiger partial charge on any atom is -0.464 e. The summed E-state index contributed by atoms with van der Waals surface area (Å²) < 4.78 is 4.92. The van der Waals surface area contributed by atoms with Crippen molar-refractivity contribution in [1.82, 2.24) is 10.3 Å². The molecule has 0 radical (unpaired) electrons. The second kappa shape index (κ2) is 8.06. The Morgan fingerprint density at radius 1 is 1.12 bits per heavy atom. The lowest BCUT2D eigenvalue weighted by Crippen LogP contribution is -2.18. The smallest absolute Gasteiger partial charge is 0.354 e. The van der Waals surface area contributed by atoms with Crippen LogP contribution >= 0.6 is 0 Å². The first kappa shape index (κ1) is 18.0. The van der Waals surface area contributed by atoms with Crippen LogP contribution in [0.15, 0.2) is 48.5 Å². The number of hydrogen-bond acceptors (Lipinski definition) is 4. The van der Waals surface area contributed by atoms with Crippen LogP contribution in [0.1, 0.15) is 21.6 Å². The summed E-state index contributed by atoms with van der Waals surface area (Å²) in [6, 6.07) is 16.5. The zero-order chi connectivity index (χ0) is 18.5. The lowest BCUT2D eigenvalue weighted by atomic mass is 10.1. The molecule has 0 bridgehead atoms. The van der Waals surface area contributed by atoms with Crippen molar-refractivity contribution in [1.29, 1.82) is 0 Å². The number of aromatic nitrogens is 1. The number of ether oxygens (including phenoxy) is 1. The van der Waals surface area contributed by atoms with E-state index in [0.717, 1.165) is 36.0 Å². The van der Waals surface area contributed by atoms with Gasteiger partial charge >= 0.3 is 5.97 Å². The monoisotopic (exact) mass is 351 g/mol. The number of nitrogens with one attached hydrogen (secondary N) is 2. The summed E-state index contributed by atoms with van der Waals surface area (Å²) in [6.45, 7) is 1.57. The molecule has 0 saturated carbocycles. The fraction of sp³-hybridized carbons (Fsp3) is 0.286. The van der Waals surface area contributed by atoms with Gasteiger partial charge in [-0.05, 0) is 42.3 Å². The second-order valence-corrected chi connectivity index (χ2v) is 6.50. The molecule has 0 unspecified atom stereocenters. The van der Waals surface area contributed by atoms with E-state index in [4.69, 9.17) is 4.74 Å². The summed E-state index contributed by atoms with van der Waals surface area (Å²) >= 11 is 0. The number of nitrogens with zero attached hydrogens (tertiary/aromatic N) is 1. The van der Waals surface area contributed by atoms with Gasteiger partial charge in [-0.15, -0.1) is 0 Å². The summed E-state index contributed by atoms with van der Waals surface area (Å²) in [5.74, 6) is -0.324. The number of carbonyl (C=O) groups is 1. The molecule has 26 heavy (non-hydrogen) atoms. The number of hydrogen-bond donors (Lipinski definition) is 2. The van der Waals surface area contributed by atoms with Gasteiger partial charge in [0.2, 0.25) is 0 Å². The number of rotatable bonds is 7. The van der Waals surface area contributed by atoms with Gasteiger partial charge in [-0.2, -0.15) is 0 Å². The Balaban J connectivity index is 1.65. The molecular weight excluding hydrogens is 326 g/mol. The fourth-order valence-electron chi connectivity index (χ4n) is 3.09. The number of anilines is 1. The van der Waals surface area contributed by atoms with Gasteiger partial charge in [0.1, 0.15) is 5.69 Å². The van der Waals surface area contributed by atoms with Crippen LogP contribution in [0.2, 0.25) is 0 Å². The summed E-state index contributed by atoms with van der Waals surface area (Å²) in [4.78, 5) is 17.3. The Morgan fingerprint density at radius 3 is 2.54 bits per heavy atom. The lowest BCUT2D eigenvalue weighted by molar-refractivity contribution is 0.0594. The Labute approximate surface area is 154 Å². The standard InChI is InChI=1S/C21H25N3O2/c1-24(2)16-10-8-15(9-11-16)14-22-13-12-18-17-6-4-5-7-19(17)23-20(18)21(25)26-3/h4-11,22-23H,12-14H2,1-3H3. The van der Waals surface area contributed by atoms with Crippen molar-refractivity contribution in [3.63, 3.8) is 0 Å². The van der Waals surface area contributed by atoms with Crippen molar-refractivity contribution in [2.24, 2.45) is 0 Å². The molecule has 0 aliphatic heterocycles. The first-order chi connectivity index (χ1) is 12.6. The van der Waals surface area contributed by atoms with Crippen LogP contribution in [0, 0.1) is 0 Å². The SMILES string of the molecule is COC(=O)c1[nH]c2ccccc2c1CCNCc1ccc(N(C)C)cc1. The molecule has 0 saturated heterocycles. The van der Waals surface area contributed by atoms with Crippen molar-refractivity contribution in [3.05, 3.63) is 65.4 Å². The van der Waals surface area contributed by atoms with Crippen LogP contribution < -0.4 is 10.2 Å². The van der Waals surface area contributed by atoms with Gasteiger partial charge < -0.3 is 19.9 Å². The summed E-state index contributed by atoms with van der Waals surface area (Å²) in [5.41, 5.74) is 4.94. The van der Waals surface area contributed by atoms with E-state index < -0.39 is 0 Å². The molecule has 5 heteroatoms. The highest BCUT2D eigenvalue weighted by atomic mass is 16.5. The Hall–Kier alpha value is -2.79. The van der Waals surface area contributed by atoms with Crippen molar-refractivity contribution in [3.8, 4) is 0 Å². The van der Waals surface area contributed by atoms with E-state index in [1.807, 2.05) is 38.4 Å². The molecule has 0 spiro atoms. The molecule has 1 heterocycles. The van der Waals surface area contributed by atoms with Gasteiger partial charge in [-0.3, -0.25) is 0 Å². The number of H-pyrrole nitrogens is 1. The number of methoxy groups -OCH3 is 1. The van der Waals surface area contributed by atoms with E-state index in [9.17, 15) is 4.79 Å². The Bertz CT molecular complexity index is 882. The number of fused-ring (bicyclic) bond motifs is 1. The molecule has 3 aromatic rings. The highest BCUT2D eigenvalue weighted by Crippen LogP contribution is 2.23. The average molecular weight is 351 g/mol. The summed E-state index contributed by atoms with van der Waals surface area (Å²) in [5, 5.41) is 4.53. The maximum absolute atomic E-state index is 12.1. The van der Waals surface area contributed by atoms with Crippen LogP contribution in [-0.2, 0) is 17.7 Å². The Kier molecular flexibility index (Phi) is 5.58. The van der Waals surface area contributed by atoms with Gasteiger partial charge in [-0.25, -0.2) is 4.79 Å². The third-order valence-corrected chi connectivity index (χ3v) is 4.54. The summed E-state index contributed by atoms with van der Waals surface area (Å²) in [7, 11) is 5.48. The molecule has 0 aliphatic rings. The third-order valence-electron chi connectivity index (χ3n) is 4.54. The van der Waals surface area contributed by atoms with E-state index in [2.05, 4.69) is 39.5 Å². The normalized spacial score (nSPS) is 10.9. The topological polar surface area (TPSA) is 57.4 Å². The third kappa shape index (κ3) is 3.89. The number of esters is 1. The van der Waals surface area contributed by atoms with E-state index in [1.165, 1.54) is 18.4 Å². The molecule has 1 aromatic heterocycles. The van der Waals surface area contributed by atoms with Crippen molar-refractivity contribution in [2.75, 3.05) is 32.6 Å². The predicted octanol–water partition coefficient (Wildman–Crippen LogP) is 3.35. The number of carbonyl (C=O) groups excluding carboxylic acids is 1. The second-order valence-electron chi connectivity index (χ2n) is 6.50. The molecule has 0 fully saturated rings. The molecule has 0 atom stereocenters. The average Bonchev–Trinajstić information content (AvgIpc) is 3.03. The van der Waals surface area contributed by atoms with Crippen LogP contribution in [0.3, 0.4) is 0 Å². The van der Waals surface area contributed by atoms with E-state index in [0.29, 0.717) is 5.69 Å². The van der Waals surface area contributed by atoms with E-state index in [-0.39, 0.29) is 5.97 Å². The van der Waals surface area contributed by atoms with E-state index in [1.54, 1.807) is 0 Å². The molecule has 0 amide bonds. The van der Waals surface area contributed by atoms with Crippen LogP contribution in [0.5, 0.6) is 0 Å². The van der Waals surface area contributed by atoms with Crippen molar-refractivity contribution >= 4 is 22.6 Å². The maximum Gasteiger partial charge on any atom is 0.354 e. The van der Waals surface area contributed by atoms with Gasteiger partial charge in [-0.1, -0.05) is 30.3 Å². The molecule has 5 nitrogen and oxygen atoms in total. The van der Waals surface area contributed by atoms with Crippen LogP contribution in [-0.4, -0.2) is 38.7 Å². The first-order valence-corrected chi connectivity index (χ1v) is 8.75. The van der Waals surface area contributed by atoms with Gasteiger partial charge in [0, 0.05) is 37.2 Å². The van der Waals surface area contributed by atoms with Crippen LogP contribution in [0.4, 0.5) is 5.69 Å². The van der Waals surface area contributed by atoms with Gasteiger partial charge in [0.15, 0.2) is 0 Å². The Morgan fingerprint density at radius 2 is 1.85 bits per heavy atom. The van der Waals surface area contributed by atoms with E-state index >= 15 is 0 Å². The first-order valence-electron chi connectivity index (χ1n) is 8.75. The minimum absolute atomic E-state index is 0.324. The zero-order valence-corrected chi connectivity index (χ0v) is 15.5. The van der Waals surface area contributed by atoms with Gasteiger partial charge in [0.05, 0.1) is 7.11 Å². The molecule has 0 aliphatic carbocycles.